The number of halogens is 2. The van der Waals surface area contributed by atoms with Crippen LogP contribution in [0.1, 0.15) is 36.2 Å². The predicted octanol–water partition coefficient (Wildman–Crippen LogP) is 5.19. The second-order valence-electron chi connectivity index (χ2n) is 8.60. The van der Waals surface area contributed by atoms with Crippen LogP contribution in [0.3, 0.4) is 0 Å². The molecule has 1 N–H and O–H groups in total. The van der Waals surface area contributed by atoms with E-state index in [4.69, 9.17) is 41.5 Å². The molecule has 0 unspecified atom stereocenters. The van der Waals surface area contributed by atoms with E-state index >= 15 is 0 Å². The van der Waals surface area contributed by atoms with Gasteiger partial charge in [-0.3, -0.25) is 9.59 Å². The first-order valence-corrected chi connectivity index (χ1v) is 11.9. The van der Waals surface area contributed by atoms with Crippen molar-refractivity contribution in [1.82, 2.24) is 5.32 Å². The van der Waals surface area contributed by atoms with Crippen LogP contribution in [0.4, 0.5) is 0 Å². The first-order valence-electron chi connectivity index (χ1n) is 11.1. The monoisotopic (exact) mass is 503 g/mol. The normalized spacial score (nSPS) is 23.7. The number of amides is 1. The molecule has 1 amide bonds. The van der Waals surface area contributed by atoms with Gasteiger partial charge in [0.25, 0.3) is 0 Å². The van der Waals surface area contributed by atoms with E-state index in [1.165, 1.54) is 0 Å². The number of carbonyl (C=O) groups excluding carboxylic acids is 2. The Morgan fingerprint density at radius 1 is 0.971 bits per heavy atom. The molecule has 7 nitrogen and oxygen atoms in total. The highest BCUT2D eigenvalue weighted by Crippen LogP contribution is 2.49. The smallest absolute Gasteiger partial charge is 0.310 e. The second-order valence-corrected chi connectivity index (χ2v) is 9.38. The third kappa shape index (κ3) is 5.10. The Hall–Kier alpha value is -2.90. The molecule has 3 aromatic rings. The maximum Gasteiger partial charge on any atom is 0.310 e. The number of carbonyl (C=O) groups is 2. The number of furan rings is 2. The number of rotatable bonds is 10. The fourth-order valence-corrected chi connectivity index (χ4v) is 4.43. The molecule has 0 radical (unpaired) electrons. The van der Waals surface area contributed by atoms with Gasteiger partial charge in [-0.25, -0.2) is 0 Å². The molecule has 1 aromatic carbocycles. The average molecular weight is 504 g/mol. The van der Waals surface area contributed by atoms with Crippen molar-refractivity contribution in [3.05, 3.63) is 76.6 Å². The van der Waals surface area contributed by atoms with Crippen LogP contribution in [-0.2, 0) is 14.3 Å². The molecule has 5 rings (SSSR count). The van der Waals surface area contributed by atoms with Gasteiger partial charge in [-0.2, -0.15) is 0 Å². The number of hydrogen-bond donors (Lipinski definition) is 1. The number of benzene rings is 1. The van der Waals surface area contributed by atoms with E-state index in [0.717, 1.165) is 17.9 Å². The number of hydrogen-bond acceptors (Lipinski definition) is 6. The van der Waals surface area contributed by atoms with Gasteiger partial charge in [-0.15, -0.1) is 0 Å². The van der Waals surface area contributed by atoms with E-state index in [9.17, 15) is 9.59 Å². The van der Waals surface area contributed by atoms with Crippen molar-refractivity contribution in [1.29, 1.82) is 0 Å². The van der Waals surface area contributed by atoms with Crippen molar-refractivity contribution in [3.8, 4) is 5.75 Å². The Labute approximate surface area is 206 Å². The van der Waals surface area contributed by atoms with E-state index in [1.54, 1.807) is 36.8 Å². The Morgan fingerprint density at radius 3 is 2.32 bits per heavy atom. The molecule has 0 saturated heterocycles. The summed E-state index contributed by atoms with van der Waals surface area (Å²) in [5, 5.41) is 3.52. The van der Waals surface area contributed by atoms with Crippen molar-refractivity contribution in [2.75, 3.05) is 13.2 Å². The fourth-order valence-electron chi connectivity index (χ4n) is 4.08. The number of ether oxygens (including phenoxy) is 2. The molecule has 178 valence electrons. The lowest BCUT2D eigenvalue weighted by molar-refractivity contribution is -0.152. The summed E-state index contributed by atoms with van der Waals surface area (Å²) < 4.78 is 22.3. The van der Waals surface area contributed by atoms with Gasteiger partial charge >= 0.3 is 5.97 Å². The van der Waals surface area contributed by atoms with Crippen molar-refractivity contribution in [2.24, 2.45) is 11.8 Å². The van der Waals surface area contributed by atoms with Gasteiger partial charge in [0.1, 0.15) is 28.9 Å². The number of nitrogens with one attached hydrogen (secondary N) is 1. The topological polar surface area (TPSA) is 90.9 Å². The van der Waals surface area contributed by atoms with Crippen LogP contribution in [0.2, 0.25) is 10.0 Å². The summed E-state index contributed by atoms with van der Waals surface area (Å²) in [5.74, 6) is 1.17. The molecule has 2 aliphatic carbocycles. The lowest BCUT2D eigenvalue weighted by Gasteiger charge is -2.20. The van der Waals surface area contributed by atoms with Crippen LogP contribution in [0.15, 0.2) is 63.8 Å². The minimum atomic E-state index is -0.704. The zero-order chi connectivity index (χ0) is 23.7. The first-order chi connectivity index (χ1) is 16.5. The summed E-state index contributed by atoms with van der Waals surface area (Å²) in [6, 6.07) is 12.4. The van der Waals surface area contributed by atoms with Crippen LogP contribution in [0, 0.1) is 11.8 Å². The molecule has 2 aliphatic rings. The van der Waals surface area contributed by atoms with Gasteiger partial charge in [0, 0.05) is 17.8 Å². The third-order valence-electron chi connectivity index (χ3n) is 6.17. The highest BCUT2D eigenvalue weighted by atomic mass is 35.5. The van der Waals surface area contributed by atoms with Crippen LogP contribution in [-0.4, -0.2) is 31.1 Å². The van der Waals surface area contributed by atoms with Gasteiger partial charge in [0.05, 0.1) is 30.0 Å². The molecule has 2 fully saturated rings. The second kappa shape index (κ2) is 9.76. The third-order valence-corrected chi connectivity index (χ3v) is 6.97. The molecular weight excluding hydrogens is 481 g/mol. The Kier molecular flexibility index (Phi) is 6.57. The molecule has 0 aliphatic heterocycles. The van der Waals surface area contributed by atoms with Crippen molar-refractivity contribution in [3.63, 3.8) is 0 Å². The van der Waals surface area contributed by atoms with Crippen LogP contribution >= 0.6 is 23.2 Å². The van der Waals surface area contributed by atoms with E-state index in [-0.39, 0.29) is 53.7 Å². The lowest BCUT2D eigenvalue weighted by Crippen LogP contribution is -2.39. The zero-order valence-electron chi connectivity index (χ0n) is 18.1. The highest BCUT2D eigenvalue weighted by molar-refractivity contribution is 6.42. The summed E-state index contributed by atoms with van der Waals surface area (Å²) in [5.41, 5.74) is 0. The number of esters is 1. The largest absolute Gasteiger partial charge is 0.488 e. The summed E-state index contributed by atoms with van der Waals surface area (Å²) >= 11 is 12.3. The van der Waals surface area contributed by atoms with E-state index in [0.29, 0.717) is 17.2 Å². The zero-order valence-corrected chi connectivity index (χ0v) is 19.6. The molecule has 9 heteroatoms. The molecule has 0 spiro atoms. The summed E-state index contributed by atoms with van der Waals surface area (Å²) in [6.07, 6.45) is 3.88. The quantitative estimate of drug-likeness (QED) is 0.382. The van der Waals surface area contributed by atoms with E-state index in [2.05, 4.69) is 5.32 Å². The molecule has 34 heavy (non-hydrogen) atoms. The van der Waals surface area contributed by atoms with Crippen molar-refractivity contribution < 1.29 is 27.9 Å². The maximum atomic E-state index is 12.8. The lowest BCUT2D eigenvalue weighted by atomic mass is 10.2. The average Bonchev–Trinajstić information content (AvgIpc) is 3.68. The van der Waals surface area contributed by atoms with Gasteiger partial charge in [-0.05, 0) is 49.2 Å². The van der Waals surface area contributed by atoms with E-state index in [1.807, 2.05) is 18.2 Å². The maximum absolute atomic E-state index is 12.8. The van der Waals surface area contributed by atoms with Crippen molar-refractivity contribution >= 4 is 35.1 Å². The van der Waals surface area contributed by atoms with Crippen LogP contribution in [0.25, 0.3) is 0 Å². The molecule has 2 saturated carbocycles. The van der Waals surface area contributed by atoms with E-state index < -0.39 is 6.10 Å². The molecule has 5 atom stereocenters. The molecule has 2 aromatic heterocycles. The summed E-state index contributed by atoms with van der Waals surface area (Å²) in [4.78, 5) is 25.4. The Bertz CT molecular complexity index is 1150. The standard InChI is InChI=1S/C25H23Cl2NO6/c26-19-4-1-5-22(23(19)27)33-13-14(34-25(30)18-11-16(18)21-7-3-9-32-21)12-28-24(29)17-10-15(17)20-6-2-8-31-20/h1-9,14-18H,10-13H2,(H,28,29)/t14-,15+,16+,17+,18-/m1/s1. The predicted molar refractivity (Wildman–Crippen MR) is 124 cm³/mol. The summed E-state index contributed by atoms with van der Waals surface area (Å²) in [6.45, 7) is 0.124. The SMILES string of the molecule is O=C(NC[C@H](COc1cccc(Cl)c1Cl)OC(=O)[C@@H]1C[C@@H]1c1ccco1)[C@H]1C[C@@H]1c1ccco1. The van der Waals surface area contributed by atoms with Gasteiger partial charge in [0.2, 0.25) is 5.91 Å². The van der Waals surface area contributed by atoms with Gasteiger partial charge in [-0.1, -0.05) is 29.3 Å². The van der Waals surface area contributed by atoms with Crippen molar-refractivity contribution in [2.45, 2.75) is 30.8 Å². The Morgan fingerprint density at radius 2 is 1.65 bits per heavy atom. The van der Waals surface area contributed by atoms with Crippen LogP contribution < -0.4 is 10.1 Å². The minimum absolute atomic E-state index is 0.0104. The highest BCUT2D eigenvalue weighted by Gasteiger charge is 2.48. The fraction of sp³-hybridized carbons (Fsp3) is 0.360. The summed E-state index contributed by atoms with van der Waals surface area (Å²) in [7, 11) is 0. The Balaban J connectivity index is 1.19. The minimum Gasteiger partial charge on any atom is -0.488 e. The van der Waals surface area contributed by atoms with Gasteiger partial charge < -0.3 is 23.6 Å². The molecular formula is C25H23Cl2NO6. The molecule has 0 bridgehead atoms. The molecule has 2 heterocycles. The van der Waals surface area contributed by atoms with Crippen LogP contribution in [0.5, 0.6) is 5.75 Å². The van der Waals surface area contributed by atoms with Gasteiger partial charge in [0.15, 0.2) is 6.10 Å². The first kappa shape index (κ1) is 22.9.